The number of pyridine rings is 4. The lowest BCUT2D eigenvalue weighted by atomic mass is 10.0. The van der Waals surface area contributed by atoms with Crippen LogP contribution >= 0.6 is 0 Å². The molecular formula is C84H108F8N28O11. The van der Waals surface area contributed by atoms with Crippen molar-refractivity contribution in [2.75, 3.05) is 221 Å². The van der Waals surface area contributed by atoms with Gasteiger partial charge in [0.25, 0.3) is 25.7 Å². The molecule has 39 nitrogen and oxygen atoms in total. The molecule has 12 fully saturated rings. The van der Waals surface area contributed by atoms with Gasteiger partial charge >= 0.3 is 0 Å². The maximum absolute atomic E-state index is 13.9. The lowest BCUT2D eigenvalue weighted by Gasteiger charge is -2.47. The predicted octanol–water partition coefficient (Wildman–Crippen LogP) is 7.45. The zero-order chi connectivity index (χ0) is 91.8. The molecule has 8 aromatic heterocycles. The van der Waals surface area contributed by atoms with Crippen LogP contribution in [-0.4, -0.2) is 322 Å². The number of nitrogens with zero attached hydrogens (tertiary/aromatic N) is 24. The van der Waals surface area contributed by atoms with Crippen molar-refractivity contribution in [2.45, 2.75) is 178 Å². The molecule has 12 aliphatic heterocycles. The second-order valence-electron chi connectivity index (χ2n) is 35.5. The van der Waals surface area contributed by atoms with E-state index >= 15 is 0 Å². The molecule has 0 amide bonds. The number of nitrogen functional groups attached to an aromatic ring is 4. The third-order valence-electron chi connectivity index (χ3n) is 25.0. The first-order valence-corrected chi connectivity index (χ1v) is 43.8. The number of halogens is 8. The van der Waals surface area contributed by atoms with Crippen LogP contribution in [-0.2, 0) is 52.1 Å². The highest BCUT2D eigenvalue weighted by Gasteiger charge is 2.47. The molecule has 0 aromatic carbocycles. The van der Waals surface area contributed by atoms with Crippen molar-refractivity contribution in [1.82, 2.24) is 79.7 Å². The molecule has 8 bridgehead atoms. The Morgan fingerprint density at radius 2 is 0.489 bits per heavy atom. The summed E-state index contributed by atoms with van der Waals surface area (Å²) in [7, 11) is 0. The number of ether oxygens (including phenoxy) is 11. The third-order valence-corrected chi connectivity index (χ3v) is 25.0. The van der Waals surface area contributed by atoms with E-state index in [2.05, 4.69) is 89.2 Å². The fourth-order valence-electron chi connectivity index (χ4n) is 18.6. The van der Waals surface area contributed by atoms with Gasteiger partial charge in [-0.05, 0) is 92.5 Å². The Morgan fingerprint density at radius 3 is 0.725 bits per heavy atom. The summed E-state index contributed by atoms with van der Waals surface area (Å²) >= 11 is 0. The minimum Gasteiger partial charge on any atom is -0.384 e. The number of hydrogen-bond acceptors (Lipinski definition) is 39. The fourth-order valence-corrected chi connectivity index (χ4v) is 18.6. The molecule has 0 saturated carbocycles. The minimum atomic E-state index is -2.77. The maximum atomic E-state index is 13.9. The largest absolute Gasteiger partial charge is 0.384 e. The number of nitrogens with two attached hydrogens (primary N) is 4. The predicted molar refractivity (Wildman–Crippen MR) is 464 cm³/mol. The van der Waals surface area contributed by atoms with Gasteiger partial charge in [0.05, 0.1) is 229 Å². The Morgan fingerprint density at radius 1 is 0.282 bits per heavy atom. The highest BCUT2D eigenvalue weighted by atomic mass is 19.3. The standard InChI is InChI=1S/C21H25F2N7O4.C21H25F2N7O3.2C21H29F2N7O2/c22-18(23)15-1-17(24)25-2-16(15)19-26-20(29-11-3-31-5-12(29)6-32-4-11)28-21(27-19)30-13-7-33-9-14(30)10-34-8-13;22-18(23)15-3-17(24)25-4-16(15)19-26-20(29-11-1-2-12(29)6-31-5-11)28-21(27-19)30-13-7-32-9-14(30)10-33-8-13;1-11-7-31-8-12(2)29(11)20-26-19(16-6-25-17(24)5-15(16)18(22)23)27-21(28-20)30-13(3)9-32-10-14(30)4;1-20(2)11-31-7-5-29(20)18-26-17(14-10-25-15(24)9-13(14)16(22)23)27-19(28-18)30-6-8-32-12-21(30,3)4/h1-2,11-14,18H,3-10H2,(H2,24,25);3-4,11-14,18H,1-2,5-10H2,(H2,24,25);5-6,11-14,18H,7-10H2,1-4H3,(H2,24,25);9-10,16H,5-8,11-12H2,1-4H3,(H2,24,25)/t;;11-,12+,13-,14+;. The average molecular weight is 1840 g/mol. The molecule has 20 rings (SSSR count). The molecule has 131 heavy (non-hydrogen) atoms. The first kappa shape index (κ1) is 92.1. The van der Waals surface area contributed by atoms with E-state index in [1.54, 1.807) is 0 Å². The first-order valence-electron chi connectivity index (χ1n) is 43.8. The number of aromatic nitrogens is 16. The first-order chi connectivity index (χ1) is 63.0. The Kier molecular flexibility index (Phi) is 27.6. The number of hydrogen-bond donors (Lipinski definition) is 4. The number of fused-ring (bicyclic) bond motifs is 8. The van der Waals surface area contributed by atoms with Gasteiger partial charge in [0.2, 0.25) is 47.6 Å². The molecule has 0 radical (unpaired) electrons. The van der Waals surface area contributed by atoms with E-state index in [-0.39, 0.29) is 175 Å². The second-order valence-corrected chi connectivity index (χ2v) is 35.5. The second kappa shape index (κ2) is 39.2. The molecule has 12 saturated heterocycles. The molecule has 20 heterocycles. The smallest absolute Gasteiger partial charge is 0.264 e. The van der Waals surface area contributed by atoms with Gasteiger partial charge in [0.15, 0.2) is 23.3 Å². The van der Waals surface area contributed by atoms with Crippen LogP contribution in [0.2, 0.25) is 0 Å². The number of alkyl halides is 8. The fraction of sp³-hybridized carbons (Fsp3) is 0.619. The van der Waals surface area contributed by atoms with Crippen LogP contribution in [0.3, 0.4) is 0 Å². The molecule has 0 spiro atoms. The molecule has 8 aromatic rings. The summed E-state index contributed by atoms with van der Waals surface area (Å²) in [5.41, 5.74) is 21.5. The zero-order valence-corrected chi connectivity index (χ0v) is 73.8. The minimum absolute atomic E-state index is 0.00766. The van der Waals surface area contributed by atoms with E-state index in [0.717, 1.165) is 18.9 Å². The summed E-state index contributed by atoms with van der Waals surface area (Å²) < 4.78 is 174. The zero-order valence-electron chi connectivity index (χ0n) is 73.8. The summed E-state index contributed by atoms with van der Waals surface area (Å²) in [4.78, 5) is 89.1. The van der Waals surface area contributed by atoms with Crippen LogP contribution in [0.25, 0.3) is 45.6 Å². The Labute approximate surface area is 749 Å². The van der Waals surface area contributed by atoms with Crippen LogP contribution in [0, 0.1) is 0 Å². The molecule has 47 heteroatoms. The topological polar surface area (TPSA) is 438 Å². The highest BCUT2D eigenvalue weighted by Crippen LogP contribution is 2.43. The third kappa shape index (κ3) is 19.7. The van der Waals surface area contributed by atoms with Crippen molar-refractivity contribution in [3.05, 3.63) is 71.3 Å². The summed E-state index contributed by atoms with van der Waals surface area (Å²) in [6.07, 6.45) is -3.84. The SMILES string of the molecule is CC1(C)COCCN1c1nc(-c2cnc(N)cc2C(F)F)nc(N2CCOCC2(C)C)n1.C[C@@H]1COC[C@H](C)N1c1nc(-c2cnc(N)cc2C(F)F)nc(N2[C@H](C)COC[C@@H]2C)n1.Nc1cc(C(F)F)c(-c2nc(N3C4CCC3COC4)nc(N3C4COCC3COC4)n2)cn1.Nc1cc(C(F)F)c(-c2nc(N3C4COCC3COC4)nc(N3C4COCC3COC4)n2)cn1. The Hall–Kier alpha value is -10.8. The van der Waals surface area contributed by atoms with Gasteiger partial charge in [-0.2, -0.15) is 59.8 Å². The monoisotopic (exact) mass is 1840 g/mol. The van der Waals surface area contributed by atoms with Gasteiger partial charge in [-0.3, -0.25) is 0 Å². The van der Waals surface area contributed by atoms with E-state index in [1.807, 2.05) is 65.2 Å². The van der Waals surface area contributed by atoms with Crippen LogP contribution in [0.4, 0.5) is 106 Å². The van der Waals surface area contributed by atoms with E-state index in [4.69, 9.17) is 95.0 Å². The average Bonchev–Trinajstić information content (AvgIpc) is 1.72. The molecular weight excluding hydrogens is 1730 g/mol. The van der Waals surface area contributed by atoms with Crippen molar-refractivity contribution < 1.29 is 87.2 Å². The van der Waals surface area contributed by atoms with E-state index in [1.165, 1.54) is 43.0 Å². The van der Waals surface area contributed by atoms with Crippen LogP contribution in [0.15, 0.2) is 49.1 Å². The van der Waals surface area contributed by atoms with Crippen molar-refractivity contribution in [1.29, 1.82) is 0 Å². The van der Waals surface area contributed by atoms with Gasteiger partial charge < -0.3 is 114 Å². The van der Waals surface area contributed by atoms with Gasteiger partial charge in [-0.15, -0.1) is 0 Å². The van der Waals surface area contributed by atoms with E-state index < -0.39 is 25.7 Å². The molecule has 706 valence electrons. The molecule has 0 aliphatic carbocycles. The van der Waals surface area contributed by atoms with Gasteiger partial charge in [0, 0.05) is 82.4 Å². The van der Waals surface area contributed by atoms with E-state index in [0.29, 0.717) is 206 Å². The van der Waals surface area contributed by atoms with Crippen LogP contribution < -0.4 is 62.1 Å². The Balaban J connectivity index is 0.000000122. The van der Waals surface area contributed by atoms with Crippen molar-refractivity contribution in [2.24, 2.45) is 0 Å². The lowest BCUT2D eigenvalue weighted by molar-refractivity contribution is -0.0367. The van der Waals surface area contributed by atoms with Gasteiger partial charge in [-0.1, -0.05) is 0 Å². The number of morpholine rings is 11. The quantitative estimate of drug-likeness (QED) is 0.0682. The van der Waals surface area contributed by atoms with E-state index in [9.17, 15) is 35.1 Å². The summed E-state index contributed by atoms with van der Waals surface area (Å²) in [6, 6.07) is 4.61. The maximum Gasteiger partial charge on any atom is 0.264 e. The number of rotatable bonds is 16. The molecule has 2 unspecified atom stereocenters. The molecule has 8 N–H and O–H groups in total. The highest BCUT2D eigenvalue weighted by molar-refractivity contribution is 5.69. The molecule has 12 aliphatic rings. The summed E-state index contributed by atoms with van der Waals surface area (Å²) in [5.74, 6) is 4.05. The summed E-state index contributed by atoms with van der Waals surface area (Å²) in [6.45, 7) is 28.4. The van der Waals surface area contributed by atoms with Gasteiger partial charge in [0.1, 0.15) is 23.3 Å². The number of anilines is 12. The molecule has 6 atom stereocenters. The van der Waals surface area contributed by atoms with Crippen molar-refractivity contribution in [3.8, 4) is 45.6 Å². The normalized spacial score (nSPS) is 26.4. The van der Waals surface area contributed by atoms with Crippen molar-refractivity contribution >= 4 is 70.9 Å². The Bertz CT molecular complexity index is 4990. The van der Waals surface area contributed by atoms with Crippen LogP contribution in [0.1, 0.15) is 116 Å². The lowest BCUT2D eigenvalue weighted by Crippen LogP contribution is -2.61. The van der Waals surface area contributed by atoms with Crippen LogP contribution in [0.5, 0.6) is 0 Å². The van der Waals surface area contributed by atoms with Gasteiger partial charge in [-0.25, -0.2) is 55.1 Å². The summed E-state index contributed by atoms with van der Waals surface area (Å²) in [5, 5.41) is 0. The van der Waals surface area contributed by atoms with Crippen molar-refractivity contribution in [3.63, 3.8) is 0 Å².